The van der Waals surface area contributed by atoms with Crippen LogP contribution in [0.2, 0.25) is 0 Å². The highest BCUT2D eigenvalue weighted by molar-refractivity contribution is 5.73. The van der Waals surface area contributed by atoms with Crippen LogP contribution in [0.5, 0.6) is 0 Å². The quantitative estimate of drug-likeness (QED) is 0.773. The molecule has 0 aliphatic rings. The number of aromatic amines is 1. The van der Waals surface area contributed by atoms with Gasteiger partial charge in [-0.15, -0.1) is 5.10 Å². The molecule has 0 fully saturated rings. The Morgan fingerprint density at radius 2 is 1.75 bits per heavy atom. The third-order valence-corrected chi connectivity index (χ3v) is 2.94. The van der Waals surface area contributed by atoms with Gasteiger partial charge in [0, 0.05) is 5.56 Å². The van der Waals surface area contributed by atoms with Crippen molar-refractivity contribution in [3.8, 4) is 28.5 Å². The first-order valence-corrected chi connectivity index (χ1v) is 5.95. The third-order valence-electron chi connectivity index (χ3n) is 2.94. The molecule has 0 atom stereocenters. The molecule has 0 spiro atoms. The van der Waals surface area contributed by atoms with E-state index in [9.17, 15) is 4.39 Å². The molecule has 1 aromatic heterocycles. The first kappa shape index (κ1) is 12.1. The second-order valence-corrected chi connectivity index (χ2v) is 4.24. The van der Waals surface area contributed by atoms with Gasteiger partial charge in [-0.1, -0.05) is 35.5 Å². The van der Waals surface area contributed by atoms with E-state index in [4.69, 9.17) is 5.26 Å². The van der Waals surface area contributed by atoms with E-state index in [1.54, 1.807) is 6.07 Å². The Hall–Kier alpha value is -3.00. The number of nitrogens with one attached hydrogen (secondary N) is 1. The second-order valence-electron chi connectivity index (χ2n) is 4.24. The van der Waals surface area contributed by atoms with Crippen LogP contribution >= 0.6 is 0 Å². The lowest BCUT2D eigenvalue weighted by molar-refractivity contribution is 0.629. The van der Waals surface area contributed by atoms with Crippen LogP contribution in [0.4, 0.5) is 4.39 Å². The molecule has 0 amide bonds. The fourth-order valence-corrected chi connectivity index (χ4v) is 2.03. The number of aromatic nitrogens is 3. The van der Waals surface area contributed by atoms with E-state index in [-0.39, 0.29) is 11.5 Å². The topological polar surface area (TPSA) is 65.4 Å². The van der Waals surface area contributed by atoms with Crippen molar-refractivity contribution in [1.29, 1.82) is 5.26 Å². The largest absolute Gasteiger partial charge is 0.247 e. The predicted octanol–water partition coefficient (Wildman–Crippen LogP) is 3.15. The number of rotatable bonds is 2. The number of nitrogens with zero attached hydrogens (tertiary/aromatic N) is 3. The Bertz CT molecular complexity index is 787. The Morgan fingerprint density at radius 3 is 2.50 bits per heavy atom. The maximum Gasteiger partial charge on any atom is 0.163 e. The number of H-pyrrole nitrogens is 1. The van der Waals surface area contributed by atoms with Gasteiger partial charge >= 0.3 is 0 Å². The number of hydrogen-bond acceptors (Lipinski definition) is 3. The molecule has 20 heavy (non-hydrogen) atoms. The van der Waals surface area contributed by atoms with E-state index >= 15 is 0 Å². The van der Waals surface area contributed by atoms with E-state index in [1.165, 1.54) is 12.1 Å². The minimum atomic E-state index is -0.381. The summed E-state index contributed by atoms with van der Waals surface area (Å²) in [6.07, 6.45) is 0. The zero-order valence-electron chi connectivity index (χ0n) is 10.3. The van der Waals surface area contributed by atoms with Gasteiger partial charge in [0.25, 0.3) is 0 Å². The van der Waals surface area contributed by atoms with Gasteiger partial charge in [-0.05, 0) is 29.3 Å². The molecule has 0 aliphatic heterocycles. The van der Waals surface area contributed by atoms with Gasteiger partial charge < -0.3 is 0 Å². The molecule has 3 rings (SSSR count). The van der Waals surface area contributed by atoms with Crippen LogP contribution in [0.3, 0.4) is 0 Å². The first-order chi connectivity index (χ1) is 9.78. The monoisotopic (exact) mass is 264 g/mol. The second kappa shape index (κ2) is 4.94. The van der Waals surface area contributed by atoms with Gasteiger partial charge in [-0.2, -0.15) is 5.26 Å². The van der Waals surface area contributed by atoms with Crippen LogP contribution < -0.4 is 0 Å². The summed E-state index contributed by atoms with van der Waals surface area (Å²) in [7, 11) is 0. The van der Waals surface area contributed by atoms with E-state index in [0.29, 0.717) is 11.3 Å². The van der Waals surface area contributed by atoms with Crippen LogP contribution in [0.25, 0.3) is 22.4 Å². The van der Waals surface area contributed by atoms with Crippen molar-refractivity contribution in [2.24, 2.45) is 0 Å². The first-order valence-electron chi connectivity index (χ1n) is 5.95. The Labute approximate surface area is 114 Å². The number of hydrogen-bond donors (Lipinski definition) is 1. The van der Waals surface area contributed by atoms with Crippen LogP contribution in [-0.2, 0) is 0 Å². The Kier molecular flexibility index (Phi) is 2.98. The highest BCUT2D eigenvalue weighted by atomic mass is 19.1. The summed E-state index contributed by atoms with van der Waals surface area (Å²) < 4.78 is 13.8. The van der Waals surface area contributed by atoms with E-state index in [2.05, 4.69) is 15.4 Å². The zero-order valence-corrected chi connectivity index (χ0v) is 10.3. The highest BCUT2D eigenvalue weighted by Crippen LogP contribution is 2.27. The maximum atomic E-state index is 13.8. The van der Waals surface area contributed by atoms with E-state index in [1.807, 2.05) is 36.4 Å². The summed E-state index contributed by atoms with van der Waals surface area (Å²) in [6.45, 7) is 0. The molecule has 0 radical (unpaired) electrons. The molecule has 0 unspecified atom stereocenters. The smallest absolute Gasteiger partial charge is 0.163 e. The number of nitriles is 1. The summed E-state index contributed by atoms with van der Waals surface area (Å²) in [5, 5.41) is 18.9. The van der Waals surface area contributed by atoms with Gasteiger partial charge in [-0.3, -0.25) is 0 Å². The molecular formula is C15H9FN4. The van der Waals surface area contributed by atoms with Crippen molar-refractivity contribution in [1.82, 2.24) is 15.4 Å². The van der Waals surface area contributed by atoms with Gasteiger partial charge in [0.1, 0.15) is 17.6 Å². The van der Waals surface area contributed by atoms with Gasteiger partial charge in [0.2, 0.25) is 0 Å². The molecule has 0 aliphatic carbocycles. The molecule has 1 N–H and O–H groups in total. The molecular weight excluding hydrogens is 255 g/mol. The minimum Gasteiger partial charge on any atom is -0.247 e. The fourth-order valence-electron chi connectivity index (χ4n) is 2.03. The predicted molar refractivity (Wildman–Crippen MR) is 71.9 cm³/mol. The molecule has 5 heteroatoms. The van der Waals surface area contributed by atoms with Crippen LogP contribution in [0.1, 0.15) is 5.69 Å². The lowest BCUT2D eigenvalue weighted by Gasteiger charge is -2.05. The minimum absolute atomic E-state index is 0.217. The molecule has 3 aromatic rings. The van der Waals surface area contributed by atoms with Gasteiger partial charge in [0.05, 0.1) is 0 Å². The van der Waals surface area contributed by atoms with Crippen molar-refractivity contribution in [3.63, 3.8) is 0 Å². The highest BCUT2D eigenvalue weighted by Gasteiger charge is 2.12. The van der Waals surface area contributed by atoms with E-state index in [0.717, 1.165) is 11.1 Å². The summed E-state index contributed by atoms with van der Waals surface area (Å²) in [4.78, 5) is 0. The average Bonchev–Trinajstić information content (AvgIpc) is 2.96. The van der Waals surface area contributed by atoms with Crippen molar-refractivity contribution in [2.75, 3.05) is 0 Å². The molecule has 4 nitrogen and oxygen atoms in total. The molecule has 2 aromatic carbocycles. The molecule has 1 heterocycles. The zero-order chi connectivity index (χ0) is 13.9. The average molecular weight is 264 g/mol. The van der Waals surface area contributed by atoms with E-state index < -0.39 is 0 Å². The Morgan fingerprint density at radius 1 is 1.00 bits per heavy atom. The summed E-state index contributed by atoms with van der Waals surface area (Å²) >= 11 is 0. The lowest BCUT2D eigenvalue weighted by atomic mass is 10.0. The Balaban J connectivity index is 2.15. The van der Waals surface area contributed by atoms with Gasteiger partial charge in [-0.25, -0.2) is 9.49 Å². The standard InChI is InChI=1S/C15H9FN4/c16-13-7-11(10-4-2-1-3-5-10)6-12(8-13)15-14(9-17)18-20-19-15/h1-8H,(H,18,19,20). The lowest BCUT2D eigenvalue weighted by Crippen LogP contribution is -1.87. The fraction of sp³-hybridized carbons (Fsp3) is 0. The molecule has 0 saturated carbocycles. The molecule has 0 bridgehead atoms. The maximum absolute atomic E-state index is 13.8. The van der Waals surface area contributed by atoms with Crippen molar-refractivity contribution in [3.05, 3.63) is 60.0 Å². The molecule has 96 valence electrons. The SMILES string of the molecule is N#Cc1[nH]nnc1-c1cc(F)cc(-c2ccccc2)c1. The summed E-state index contributed by atoms with van der Waals surface area (Å²) in [5.74, 6) is -0.381. The van der Waals surface area contributed by atoms with Crippen LogP contribution in [0, 0.1) is 17.1 Å². The molecule has 0 saturated heterocycles. The van der Waals surface area contributed by atoms with Crippen molar-refractivity contribution >= 4 is 0 Å². The van der Waals surface area contributed by atoms with Crippen molar-refractivity contribution < 1.29 is 4.39 Å². The van der Waals surface area contributed by atoms with Crippen LogP contribution in [0.15, 0.2) is 48.5 Å². The number of benzene rings is 2. The third kappa shape index (κ3) is 2.15. The van der Waals surface area contributed by atoms with Crippen LogP contribution in [-0.4, -0.2) is 15.4 Å². The number of halogens is 1. The summed E-state index contributed by atoms with van der Waals surface area (Å²) in [5.41, 5.74) is 2.72. The van der Waals surface area contributed by atoms with Gasteiger partial charge in [0.15, 0.2) is 5.69 Å². The van der Waals surface area contributed by atoms with Crippen molar-refractivity contribution in [2.45, 2.75) is 0 Å². The normalized spacial score (nSPS) is 10.2. The summed E-state index contributed by atoms with van der Waals surface area (Å²) in [6, 6.07) is 16.0.